The number of ether oxygens (including phenoxy) is 3. The Morgan fingerprint density at radius 3 is 2.72 bits per heavy atom. The first-order chi connectivity index (χ1) is 17.0. The van der Waals surface area contributed by atoms with Gasteiger partial charge in [-0.15, -0.1) is 5.10 Å². The van der Waals surface area contributed by atoms with Gasteiger partial charge in [0.05, 0.1) is 25.8 Å². The summed E-state index contributed by atoms with van der Waals surface area (Å²) in [5.74, 6) is -2.41. The molecule has 2 aromatic heterocycles. The second kappa shape index (κ2) is 9.60. The van der Waals surface area contributed by atoms with Crippen LogP contribution in [0.4, 0.5) is 23.2 Å². The van der Waals surface area contributed by atoms with E-state index in [-0.39, 0.29) is 37.2 Å². The number of aromatic nitrogens is 4. The van der Waals surface area contributed by atoms with E-state index in [1.54, 1.807) is 13.0 Å². The number of amides is 1. The molecule has 1 unspecified atom stereocenters. The van der Waals surface area contributed by atoms with E-state index in [1.807, 2.05) is 0 Å². The summed E-state index contributed by atoms with van der Waals surface area (Å²) in [5.41, 5.74) is -1.07. The fourth-order valence-corrected chi connectivity index (χ4v) is 3.50. The van der Waals surface area contributed by atoms with Crippen LogP contribution in [0.1, 0.15) is 28.7 Å². The predicted octanol–water partition coefficient (Wildman–Crippen LogP) is 3.00. The molecule has 1 amide bonds. The maximum Gasteiger partial charge on any atom is 0.425 e. The van der Waals surface area contributed by atoms with Crippen LogP contribution in [0, 0.1) is 12.7 Å². The van der Waals surface area contributed by atoms with Gasteiger partial charge in [0, 0.05) is 12.3 Å². The standard InChI is InChI=1S/C22H21F4N5O5/c1-11-4-5-27-20(34-3)18(11)28-19(32)13-8-14(23)15(9-16(13)36-12(2)22(24,25)26)31-21(33)30-6-7-35-10-17(30)29-31/h4-5,8-9,12H,6-7,10H2,1-3H3,(H,28,32). The lowest BCUT2D eigenvalue weighted by atomic mass is 10.1. The number of alkyl halides is 3. The number of halogens is 4. The number of methoxy groups -OCH3 is 1. The summed E-state index contributed by atoms with van der Waals surface area (Å²) >= 11 is 0. The Balaban J connectivity index is 1.81. The highest BCUT2D eigenvalue weighted by molar-refractivity contribution is 6.07. The van der Waals surface area contributed by atoms with Crippen LogP contribution in [0.5, 0.6) is 11.6 Å². The SMILES string of the molecule is COc1nccc(C)c1NC(=O)c1cc(F)c(-n2nc3n(c2=O)CCOC3)cc1OC(C)C(F)(F)F. The smallest absolute Gasteiger partial charge is 0.425 e. The molecule has 1 aliphatic heterocycles. The van der Waals surface area contributed by atoms with Gasteiger partial charge in [0.15, 0.2) is 11.9 Å². The van der Waals surface area contributed by atoms with Crippen LogP contribution < -0.4 is 20.5 Å². The monoisotopic (exact) mass is 511 g/mol. The number of pyridine rings is 1. The molecule has 0 saturated heterocycles. The van der Waals surface area contributed by atoms with E-state index < -0.39 is 46.7 Å². The lowest BCUT2D eigenvalue weighted by Gasteiger charge is -2.21. The van der Waals surface area contributed by atoms with Crippen molar-refractivity contribution in [3.05, 3.63) is 57.6 Å². The third-order valence-electron chi connectivity index (χ3n) is 5.47. The average Bonchev–Trinajstić information content (AvgIpc) is 3.16. The summed E-state index contributed by atoms with van der Waals surface area (Å²) < 4.78 is 72.4. The molecule has 0 spiro atoms. The lowest BCUT2D eigenvalue weighted by Crippen LogP contribution is -2.32. The van der Waals surface area contributed by atoms with Crippen molar-refractivity contribution < 1.29 is 36.6 Å². The Morgan fingerprint density at radius 1 is 1.31 bits per heavy atom. The number of benzene rings is 1. The molecule has 1 aliphatic rings. The van der Waals surface area contributed by atoms with Crippen molar-refractivity contribution >= 4 is 11.6 Å². The Kier molecular flexibility index (Phi) is 6.71. The van der Waals surface area contributed by atoms with Gasteiger partial charge in [0.2, 0.25) is 5.88 Å². The van der Waals surface area contributed by atoms with Gasteiger partial charge in [0.1, 0.15) is 29.5 Å². The molecule has 3 heterocycles. The van der Waals surface area contributed by atoms with E-state index in [4.69, 9.17) is 14.2 Å². The summed E-state index contributed by atoms with van der Waals surface area (Å²) in [7, 11) is 1.32. The summed E-state index contributed by atoms with van der Waals surface area (Å²) in [4.78, 5) is 29.8. The molecule has 36 heavy (non-hydrogen) atoms. The number of hydrogen-bond acceptors (Lipinski definition) is 7. The number of carbonyl (C=O) groups excluding carboxylic acids is 1. The van der Waals surface area contributed by atoms with Crippen molar-refractivity contribution in [3.63, 3.8) is 0 Å². The summed E-state index contributed by atoms with van der Waals surface area (Å²) in [6, 6.07) is 3.09. The van der Waals surface area contributed by atoms with Crippen molar-refractivity contribution in [2.24, 2.45) is 0 Å². The Labute approximate surface area is 201 Å². The minimum Gasteiger partial charge on any atom is -0.480 e. The van der Waals surface area contributed by atoms with Gasteiger partial charge in [-0.25, -0.2) is 14.2 Å². The molecule has 0 fully saturated rings. The molecule has 3 aromatic rings. The average molecular weight is 511 g/mol. The van der Waals surface area contributed by atoms with Gasteiger partial charge in [0.25, 0.3) is 5.91 Å². The molecule has 14 heteroatoms. The number of hydrogen-bond donors (Lipinski definition) is 1. The van der Waals surface area contributed by atoms with E-state index in [1.165, 1.54) is 17.9 Å². The van der Waals surface area contributed by atoms with Crippen LogP contribution in [0.25, 0.3) is 5.69 Å². The molecule has 10 nitrogen and oxygen atoms in total. The number of fused-ring (bicyclic) bond motifs is 1. The largest absolute Gasteiger partial charge is 0.480 e. The summed E-state index contributed by atoms with van der Waals surface area (Å²) in [5, 5.41) is 6.50. The quantitative estimate of drug-likeness (QED) is 0.507. The number of nitrogens with one attached hydrogen (secondary N) is 1. The summed E-state index contributed by atoms with van der Waals surface area (Å²) in [6.07, 6.45) is -5.70. The second-order valence-electron chi connectivity index (χ2n) is 7.88. The Hall–Kier alpha value is -3.94. The molecule has 192 valence electrons. The highest BCUT2D eigenvalue weighted by Gasteiger charge is 2.39. The molecule has 1 N–H and O–H groups in total. The molecule has 0 radical (unpaired) electrons. The van der Waals surface area contributed by atoms with Gasteiger partial charge in [-0.2, -0.15) is 17.9 Å². The highest BCUT2D eigenvalue weighted by atomic mass is 19.4. The lowest BCUT2D eigenvalue weighted by molar-refractivity contribution is -0.189. The Morgan fingerprint density at radius 2 is 2.06 bits per heavy atom. The first-order valence-electron chi connectivity index (χ1n) is 10.7. The molecular formula is C22H21F4N5O5. The topological polar surface area (TPSA) is 110 Å². The molecule has 4 rings (SSSR count). The molecule has 1 aromatic carbocycles. The number of nitrogens with zero attached hydrogens (tertiary/aromatic N) is 4. The molecule has 0 aliphatic carbocycles. The van der Waals surface area contributed by atoms with Crippen LogP contribution in [-0.2, 0) is 17.9 Å². The van der Waals surface area contributed by atoms with E-state index >= 15 is 4.39 Å². The fourth-order valence-electron chi connectivity index (χ4n) is 3.50. The minimum absolute atomic E-state index is 0.00507. The van der Waals surface area contributed by atoms with E-state index in [0.717, 1.165) is 13.0 Å². The second-order valence-corrected chi connectivity index (χ2v) is 7.88. The normalized spacial score (nSPS) is 14.2. The zero-order chi connectivity index (χ0) is 26.2. The van der Waals surface area contributed by atoms with E-state index in [0.29, 0.717) is 16.3 Å². The number of aryl methyl sites for hydroxylation is 1. The van der Waals surface area contributed by atoms with Crippen LogP contribution in [0.3, 0.4) is 0 Å². The fraction of sp³-hybridized carbons (Fsp3) is 0.364. The van der Waals surface area contributed by atoms with Crippen molar-refractivity contribution in [2.45, 2.75) is 39.3 Å². The highest BCUT2D eigenvalue weighted by Crippen LogP contribution is 2.32. The number of anilines is 1. The van der Waals surface area contributed by atoms with Gasteiger partial charge < -0.3 is 19.5 Å². The van der Waals surface area contributed by atoms with Crippen LogP contribution in [0.2, 0.25) is 0 Å². The first kappa shape index (κ1) is 25.2. The van der Waals surface area contributed by atoms with Gasteiger partial charge in [-0.3, -0.25) is 9.36 Å². The van der Waals surface area contributed by atoms with Crippen molar-refractivity contribution in [2.75, 3.05) is 19.0 Å². The predicted molar refractivity (Wildman–Crippen MR) is 117 cm³/mol. The van der Waals surface area contributed by atoms with Crippen LogP contribution >= 0.6 is 0 Å². The third-order valence-corrected chi connectivity index (χ3v) is 5.47. The van der Waals surface area contributed by atoms with Gasteiger partial charge in [-0.1, -0.05) is 0 Å². The van der Waals surface area contributed by atoms with E-state index in [9.17, 15) is 22.8 Å². The van der Waals surface area contributed by atoms with Crippen LogP contribution in [-0.4, -0.2) is 51.2 Å². The third kappa shape index (κ3) is 4.76. The van der Waals surface area contributed by atoms with Crippen LogP contribution in [0.15, 0.2) is 29.2 Å². The molecule has 0 bridgehead atoms. The zero-order valence-electron chi connectivity index (χ0n) is 19.4. The Bertz CT molecular complexity index is 1370. The van der Waals surface area contributed by atoms with Crippen molar-refractivity contribution in [1.82, 2.24) is 19.3 Å². The maximum absolute atomic E-state index is 15.2. The molecule has 0 saturated carbocycles. The molecule has 1 atom stereocenters. The van der Waals surface area contributed by atoms with E-state index in [2.05, 4.69) is 15.4 Å². The maximum atomic E-state index is 15.2. The zero-order valence-corrected chi connectivity index (χ0v) is 19.4. The van der Waals surface area contributed by atoms with Gasteiger partial charge >= 0.3 is 11.9 Å². The van der Waals surface area contributed by atoms with Crippen molar-refractivity contribution in [3.8, 4) is 17.3 Å². The first-order valence-corrected chi connectivity index (χ1v) is 10.7. The van der Waals surface area contributed by atoms with Crippen molar-refractivity contribution in [1.29, 1.82) is 0 Å². The molecular weight excluding hydrogens is 490 g/mol. The number of carbonyl (C=O) groups is 1. The summed E-state index contributed by atoms with van der Waals surface area (Å²) in [6.45, 7) is 2.80. The minimum atomic E-state index is -4.78. The number of rotatable bonds is 6. The van der Waals surface area contributed by atoms with Gasteiger partial charge in [-0.05, 0) is 31.5 Å².